The molecule has 1 N–H and O–H groups in total. The first kappa shape index (κ1) is 19.1. The van der Waals surface area contributed by atoms with Crippen LogP contribution in [-0.4, -0.2) is 23.2 Å². The Morgan fingerprint density at radius 1 is 1.11 bits per heavy atom. The normalized spacial score (nSPS) is 12.0. The van der Waals surface area contributed by atoms with Crippen molar-refractivity contribution in [2.24, 2.45) is 5.92 Å². The molecule has 2 aromatic carbocycles. The van der Waals surface area contributed by atoms with E-state index in [1.807, 2.05) is 38.1 Å². The summed E-state index contributed by atoms with van der Waals surface area (Å²) in [5, 5.41) is 7.03. The number of benzene rings is 2. The standard InChI is InChI=1S/C20H20BrN3O3/c1-12(2)17(22-19(25)14-6-10-16(26-3)11-7-14)20-23-18(24-27-20)13-4-8-15(21)9-5-13/h4-12,17H,1-3H3,(H,22,25)/t17-/m0/s1. The number of ether oxygens (including phenoxy) is 1. The molecule has 0 aliphatic heterocycles. The second kappa shape index (κ2) is 8.35. The molecule has 0 unspecified atom stereocenters. The Kier molecular flexibility index (Phi) is 5.91. The molecule has 0 bridgehead atoms. The van der Waals surface area contributed by atoms with Gasteiger partial charge < -0.3 is 14.6 Å². The average molecular weight is 430 g/mol. The van der Waals surface area contributed by atoms with Crippen LogP contribution in [0, 0.1) is 5.92 Å². The van der Waals surface area contributed by atoms with Crippen molar-refractivity contribution in [3.8, 4) is 17.1 Å². The Morgan fingerprint density at radius 3 is 2.37 bits per heavy atom. The number of halogens is 1. The summed E-state index contributed by atoms with van der Waals surface area (Å²) >= 11 is 3.40. The second-order valence-electron chi connectivity index (χ2n) is 6.39. The largest absolute Gasteiger partial charge is 0.497 e. The monoisotopic (exact) mass is 429 g/mol. The summed E-state index contributed by atoms with van der Waals surface area (Å²) < 4.78 is 11.5. The molecule has 1 heterocycles. The van der Waals surface area contributed by atoms with Gasteiger partial charge in [-0.3, -0.25) is 4.79 Å². The zero-order valence-electron chi connectivity index (χ0n) is 15.3. The fraction of sp³-hybridized carbons (Fsp3) is 0.250. The van der Waals surface area contributed by atoms with Gasteiger partial charge in [0.15, 0.2) is 0 Å². The van der Waals surface area contributed by atoms with Gasteiger partial charge in [0.1, 0.15) is 11.8 Å². The number of amides is 1. The number of nitrogens with one attached hydrogen (secondary N) is 1. The summed E-state index contributed by atoms with van der Waals surface area (Å²) in [7, 11) is 1.59. The van der Waals surface area contributed by atoms with E-state index in [1.165, 1.54) is 0 Å². The van der Waals surface area contributed by atoms with Crippen molar-refractivity contribution in [2.45, 2.75) is 19.9 Å². The van der Waals surface area contributed by atoms with E-state index < -0.39 is 6.04 Å². The molecule has 1 aromatic heterocycles. The summed E-state index contributed by atoms with van der Waals surface area (Å²) in [4.78, 5) is 17.1. The molecule has 1 amide bonds. The molecule has 0 aliphatic carbocycles. The van der Waals surface area contributed by atoms with Crippen LogP contribution in [0.25, 0.3) is 11.4 Å². The molecule has 7 heteroatoms. The first-order valence-electron chi connectivity index (χ1n) is 8.52. The molecule has 0 radical (unpaired) electrons. The molecule has 6 nitrogen and oxygen atoms in total. The summed E-state index contributed by atoms with van der Waals surface area (Å²) in [6.45, 7) is 3.98. The molecule has 27 heavy (non-hydrogen) atoms. The number of methoxy groups -OCH3 is 1. The van der Waals surface area contributed by atoms with Gasteiger partial charge in [-0.15, -0.1) is 0 Å². The van der Waals surface area contributed by atoms with Crippen LogP contribution in [0.3, 0.4) is 0 Å². The highest BCUT2D eigenvalue weighted by Crippen LogP contribution is 2.25. The molecule has 0 saturated heterocycles. The zero-order chi connectivity index (χ0) is 19.4. The molecule has 3 rings (SSSR count). The number of hydrogen-bond donors (Lipinski definition) is 1. The van der Waals surface area contributed by atoms with Gasteiger partial charge in [-0.1, -0.05) is 34.9 Å². The lowest BCUT2D eigenvalue weighted by Crippen LogP contribution is -2.32. The lowest BCUT2D eigenvalue weighted by atomic mass is 10.0. The Morgan fingerprint density at radius 2 is 1.78 bits per heavy atom. The van der Waals surface area contributed by atoms with Gasteiger partial charge in [-0.05, 0) is 54.4 Å². The van der Waals surface area contributed by atoms with Crippen molar-refractivity contribution >= 4 is 21.8 Å². The molecule has 3 aromatic rings. The van der Waals surface area contributed by atoms with E-state index in [9.17, 15) is 4.79 Å². The van der Waals surface area contributed by atoms with Crippen LogP contribution in [-0.2, 0) is 0 Å². The van der Waals surface area contributed by atoms with Crippen molar-refractivity contribution < 1.29 is 14.1 Å². The Balaban J connectivity index is 1.79. The molecular formula is C20H20BrN3O3. The predicted octanol–water partition coefficient (Wildman–Crippen LogP) is 4.63. The third-order valence-electron chi connectivity index (χ3n) is 4.12. The van der Waals surface area contributed by atoms with Crippen LogP contribution in [0.15, 0.2) is 57.5 Å². The maximum atomic E-state index is 12.6. The predicted molar refractivity (Wildman–Crippen MR) is 105 cm³/mol. The van der Waals surface area contributed by atoms with Gasteiger partial charge in [-0.25, -0.2) is 0 Å². The van der Waals surface area contributed by atoms with Crippen LogP contribution in [0.4, 0.5) is 0 Å². The fourth-order valence-electron chi connectivity index (χ4n) is 2.56. The molecule has 0 fully saturated rings. The van der Waals surface area contributed by atoms with Gasteiger partial charge in [-0.2, -0.15) is 4.98 Å². The summed E-state index contributed by atoms with van der Waals surface area (Å²) in [5.74, 6) is 1.43. The fourth-order valence-corrected chi connectivity index (χ4v) is 2.82. The van der Waals surface area contributed by atoms with Crippen LogP contribution in [0.2, 0.25) is 0 Å². The third-order valence-corrected chi connectivity index (χ3v) is 4.64. The van der Waals surface area contributed by atoms with E-state index in [2.05, 4.69) is 31.4 Å². The van der Waals surface area contributed by atoms with Gasteiger partial charge in [0.25, 0.3) is 5.91 Å². The van der Waals surface area contributed by atoms with Crippen molar-refractivity contribution in [3.05, 3.63) is 64.5 Å². The lowest BCUT2D eigenvalue weighted by molar-refractivity contribution is 0.0914. The van der Waals surface area contributed by atoms with E-state index >= 15 is 0 Å². The van der Waals surface area contributed by atoms with Crippen LogP contribution in [0.5, 0.6) is 5.75 Å². The maximum Gasteiger partial charge on any atom is 0.251 e. The molecular weight excluding hydrogens is 410 g/mol. The maximum absolute atomic E-state index is 12.6. The number of carbonyl (C=O) groups excluding carboxylic acids is 1. The Hall–Kier alpha value is -2.67. The van der Waals surface area contributed by atoms with Gasteiger partial charge in [0, 0.05) is 15.6 Å². The molecule has 0 aliphatic rings. The van der Waals surface area contributed by atoms with Gasteiger partial charge in [0.05, 0.1) is 7.11 Å². The number of hydrogen-bond acceptors (Lipinski definition) is 5. The second-order valence-corrected chi connectivity index (χ2v) is 7.30. The van der Waals surface area contributed by atoms with Crippen molar-refractivity contribution in [1.29, 1.82) is 0 Å². The van der Waals surface area contributed by atoms with E-state index in [0.717, 1.165) is 10.0 Å². The Bertz CT molecular complexity index is 905. The molecule has 0 spiro atoms. The summed E-state index contributed by atoms with van der Waals surface area (Å²) in [6.07, 6.45) is 0. The van der Waals surface area contributed by atoms with E-state index in [1.54, 1.807) is 31.4 Å². The van der Waals surface area contributed by atoms with Crippen LogP contribution >= 0.6 is 15.9 Å². The van der Waals surface area contributed by atoms with Gasteiger partial charge >= 0.3 is 0 Å². The highest BCUT2D eigenvalue weighted by Gasteiger charge is 2.25. The SMILES string of the molecule is COc1ccc(C(=O)N[C@H](c2nc(-c3ccc(Br)cc3)no2)C(C)C)cc1. The first-order chi connectivity index (χ1) is 13.0. The lowest BCUT2D eigenvalue weighted by Gasteiger charge is -2.18. The number of carbonyl (C=O) groups is 1. The average Bonchev–Trinajstić information content (AvgIpc) is 3.16. The highest BCUT2D eigenvalue weighted by atomic mass is 79.9. The van der Waals surface area contributed by atoms with Gasteiger partial charge in [0.2, 0.25) is 11.7 Å². The van der Waals surface area contributed by atoms with Crippen LogP contribution in [0.1, 0.15) is 36.1 Å². The van der Waals surface area contributed by atoms with E-state index in [-0.39, 0.29) is 11.8 Å². The molecule has 1 atom stereocenters. The summed E-state index contributed by atoms with van der Waals surface area (Å²) in [5.41, 5.74) is 1.38. The first-order valence-corrected chi connectivity index (χ1v) is 9.31. The topological polar surface area (TPSA) is 77.2 Å². The Labute approximate surface area is 166 Å². The summed E-state index contributed by atoms with van der Waals surface area (Å²) in [6, 6.07) is 14.2. The van der Waals surface area contributed by atoms with Crippen molar-refractivity contribution in [3.63, 3.8) is 0 Å². The minimum absolute atomic E-state index is 0.0745. The minimum Gasteiger partial charge on any atom is -0.497 e. The van der Waals surface area contributed by atoms with Crippen LogP contribution < -0.4 is 10.1 Å². The zero-order valence-corrected chi connectivity index (χ0v) is 16.9. The van der Waals surface area contributed by atoms with E-state index in [0.29, 0.717) is 23.0 Å². The number of aromatic nitrogens is 2. The van der Waals surface area contributed by atoms with Crippen molar-refractivity contribution in [2.75, 3.05) is 7.11 Å². The smallest absolute Gasteiger partial charge is 0.251 e. The number of rotatable bonds is 6. The quantitative estimate of drug-likeness (QED) is 0.617. The third kappa shape index (κ3) is 4.54. The van der Waals surface area contributed by atoms with Crippen molar-refractivity contribution in [1.82, 2.24) is 15.5 Å². The molecule has 140 valence electrons. The molecule has 0 saturated carbocycles. The minimum atomic E-state index is -0.392. The number of nitrogens with zero attached hydrogens (tertiary/aromatic N) is 2. The highest BCUT2D eigenvalue weighted by molar-refractivity contribution is 9.10. The van der Waals surface area contributed by atoms with E-state index in [4.69, 9.17) is 9.26 Å².